The van der Waals surface area contributed by atoms with Crippen molar-refractivity contribution in [2.45, 2.75) is 52.4 Å². The Balaban J connectivity index is 0.00000116. The van der Waals surface area contributed by atoms with Crippen molar-refractivity contribution in [3.05, 3.63) is 65.5 Å². The molecule has 0 amide bonds. The van der Waals surface area contributed by atoms with Gasteiger partial charge in [0.1, 0.15) is 5.75 Å². The smallest absolute Gasteiger partial charge is 0.115 e. The number of allylic oxidation sites excluding steroid dienone is 5. The Labute approximate surface area is 134 Å². The van der Waals surface area contributed by atoms with Crippen LogP contribution in [0, 0.1) is 0 Å². The molecule has 120 valence electrons. The molecule has 1 aromatic carbocycles. The van der Waals surface area contributed by atoms with Crippen molar-refractivity contribution in [2.75, 3.05) is 0 Å². The Morgan fingerprint density at radius 3 is 2.14 bits per heavy atom. The van der Waals surface area contributed by atoms with Crippen molar-refractivity contribution in [2.24, 2.45) is 0 Å². The van der Waals surface area contributed by atoms with Gasteiger partial charge in [-0.2, -0.15) is 0 Å². The van der Waals surface area contributed by atoms with Gasteiger partial charge in [0.2, 0.25) is 0 Å². The second-order valence-electron chi connectivity index (χ2n) is 5.97. The molecule has 0 spiro atoms. The number of aliphatic hydroxyl groups is 1. The molecule has 1 aromatic rings. The van der Waals surface area contributed by atoms with E-state index in [1.165, 1.54) is 11.1 Å². The first-order valence-electron chi connectivity index (χ1n) is 7.99. The highest BCUT2D eigenvalue weighted by molar-refractivity contribution is 5.33. The Morgan fingerprint density at radius 2 is 1.50 bits per heavy atom. The number of hydrogen-bond donors (Lipinski definition) is 2. The summed E-state index contributed by atoms with van der Waals surface area (Å²) >= 11 is 0. The lowest BCUT2D eigenvalue weighted by Gasteiger charge is -2.27. The third-order valence-corrected chi connectivity index (χ3v) is 3.70. The van der Waals surface area contributed by atoms with E-state index in [2.05, 4.69) is 19.9 Å². The molecular formula is C20H28O2. The normalized spacial score (nSPS) is 19.6. The van der Waals surface area contributed by atoms with Crippen molar-refractivity contribution in [3.8, 4) is 5.75 Å². The maximum atomic E-state index is 9.62. The third-order valence-electron chi connectivity index (χ3n) is 3.70. The molecule has 0 radical (unpaired) electrons. The lowest BCUT2D eigenvalue weighted by molar-refractivity contribution is 0.401. The number of benzene rings is 1. The molecule has 0 bridgehead atoms. The van der Waals surface area contributed by atoms with E-state index < -0.39 is 0 Å². The molecule has 2 nitrogen and oxygen atoms in total. The molecule has 0 unspecified atom stereocenters. The van der Waals surface area contributed by atoms with Crippen LogP contribution in [0.2, 0.25) is 0 Å². The minimum absolute atomic E-state index is 0.00394. The topological polar surface area (TPSA) is 40.5 Å². The van der Waals surface area contributed by atoms with Gasteiger partial charge < -0.3 is 10.2 Å². The number of hydrogen-bond acceptors (Lipinski definition) is 2. The fourth-order valence-electron chi connectivity index (χ4n) is 2.50. The number of aromatic hydroxyl groups is 1. The van der Waals surface area contributed by atoms with Gasteiger partial charge in [0.15, 0.2) is 0 Å². The summed E-state index contributed by atoms with van der Waals surface area (Å²) in [5.41, 5.74) is 2.50. The number of phenols is 1. The molecule has 2 N–H and O–H groups in total. The zero-order valence-corrected chi connectivity index (χ0v) is 14.1. The van der Waals surface area contributed by atoms with E-state index in [9.17, 15) is 10.2 Å². The van der Waals surface area contributed by atoms with Crippen LogP contribution in [-0.4, -0.2) is 10.2 Å². The van der Waals surface area contributed by atoms with E-state index in [1.54, 1.807) is 18.2 Å². The zero-order valence-electron chi connectivity index (χ0n) is 14.1. The van der Waals surface area contributed by atoms with Crippen LogP contribution in [0.4, 0.5) is 0 Å². The molecule has 0 saturated carbocycles. The average molecular weight is 300 g/mol. The Kier molecular flexibility index (Phi) is 6.97. The summed E-state index contributed by atoms with van der Waals surface area (Å²) in [6, 6.07) is 7.41. The molecule has 2 heteroatoms. The van der Waals surface area contributed by atoms with Crippen LogP contribution in [0.25, 0.3) is 0 Å². The molecule has 0 heterocycles. The van der Waals surface area contributed by atoms with Gasteiger partial charge in [0.05, 0.1) is 5.76 Å². The zero-order chi connectivity index (χ0) is 16.6. The van der Waals surface area contributed by atoms with Crippen LogP contribution in [0.3, 0.4) is 0 Å². The van der Waals surface area contributed by atoms with Crippen LogP contribution in [0.5, 0.6) is 5.75 Å². The van der Waals surface area contributed by atoms with Crippen LogP contribution >= 0.6 is 0 Å². The lowest BCUT2D eigenvalue weighted by atomic mass is 9.78. The highest BCUT2D eigenvalue weighted by atomic mass is 16.3. The molecular weight excluding hydrogens is 272 g/mol. The van der Waals surface area contributed by atoms with Gasteiger partial charge in [-0.15, -0.1) is 0 Å². The van der Waals surface area contributed by atoms with Crippen LogP contribution in [-0.2, 0) is 5.41 Å². The highest BCUT2D eigenvalue weighted by Crippen LogP contribution is 2.32. The number of rotatable bonds is 3. The van der Waals surface area contributed by atoms with Crippen LogP contribution in [0.15, 0.2) is 59.9 Å². The minimum atomic E-state index is -0.00394. The molecule has 1 aliphatic rings. The fourth-order valence-corrected chi connectivity index (χ4v) is 2.50. The minimum Gasteiger partial charge on any atom is -0.512 e. The van der Waals surface area contributed by atoms with Crippen molar-refractivity contribution >= 4 is 0 Å². The first kappa shape index (κ1) is 18.1. The van der Waals surface area contributed by atoms with Crippen molar-refractivity contribution in [1.29, 1.82) is 0 Å². The molecule has 22 heavy (non-hydrogen) atoms. The van der Waals surface area contributed by atoms with Gasteiger partial charge >= 0.3 is 0 Å². The number of aliphatic hydroxyl groups excluding tert-OH is 1. The van der Waals surface area contributed by atoms with Crippen LogP contribution in [0.1, 0.15) is 52.5 Å². The van der Waals surface area contributed by atoms with Gasteiger partial charge in [0, 0.05) is 6.42 Å². The summed E-state index contributed by atoms with van der Waals surface area (Å²) in [5.74, 6) is 0.700. The van der Waals surface area contributed by atoms with Crippen molar-refractivity contribution < 1.29 is 10.2 Å². The monoisotopic (exact) mass is 300 g/mol. The van der Waals surface area contributed by atoms with Crippen LogP contribution < -0.4 is 0 Å². The molecule has 0 fully saturated rings. The molecule has 2 rings (SSSR count). The van der Waals surface area contributed by atoms with Gasteiger partial charge in [-0.3, -0.25) is 0 Å². The Hall–Kier alpha value is -1.96. The predicted molar refractivity (Wildman–Crippen MR) is 94.3 cm³/mol. The van der Waals surface area contributed by atoms with Crippen molar-refractivity contribution in [3.63, 3.8) is 0 Å². The van der Waals surface area contributed by atoms with E-state index in [-0.39, 0.29) is 5.41 Å². The van der Waals surface area contributed by atoms with E-state index in [1.807, 2.05) is 38.1 Å². The fraction of sp³-hybridized carbons (Fsp3) is 0.400. The summed E-state index contributed by atoms with van der Waals surface area (Å²) in [5, 5.41) is 19.0. The summed E-state index contributed by atoms with van der Waals surface area (Å²) in [4.78, 5) is 0. The van der Waals surface area contributed by atoms with Gasteiger partial charge in [-0.05, 0) is 42.0 Å². The highest BCUT2D eigenvalue weighted by Gasteiger charge is 2.21. The lowest BCUT2D eigenvalue weighted by Crippen LogP contribution is -2.18. The molecule has 0 aromatic heterocycles. The Bertz CT molecular complexity index is 546. The Morgan fingerprint density at radius 1 is 0.909 bits per heavy atom. The number of phenolic OH excluding ortho intramolecular Hbond substituents is 1. The quantitative estimate of drug-likeness (QED) is 0.692. The van der Waals surface area contributed by atoms with Gasteiger partial charge in [-0.1, -0.05) is 63.6 Å². The standard InChI is InChI=1S/C18H22O2.C2H6/c1-18(2,15-8-11-17(20)12-9-15)13-14-5-3-4-6-16(19)10-7-14;1-2/h3-4,7-12,19-20H,5-6,13H2,1-2H3;1-2H3/b4-3?,14-7+,16-10+;. The van der Waals surface area contributed by atoms with Crippen molar-refractivity contribution in [1.82, 2.24) is 0 Å². The molecule has 1 aliphatic carbocycles. The first-order chi connectivity index (χ1) is 10.5. The van der Waals surface area contributed by atoms with Gasteiger partial charge in [-0.25, -0.2) is 0 Å². The maximum absolute atomic E-state index is 9.62. The largest absolute Gasteiger partial charge is 0.512 e. The van der Waals surface area contributed by atoms with E-state index in [0.717, 1.165) is 12.8 Å². The predicted octanol–water partition coefficient (Wildman–Crippen LogP) is 5.80. The second kappa shape index (κ2) is 8.47. The summed E-state index contributed by atoms with van der Waals surface area (Å²) in [6.45, 7) is 8.40. The molecule has 0 atom stereocenters. The van der Waals surface area contributed by atoms with Gasteiger partial charge in [0.25, 0.3) is 0 Å². The third kappa shape index (κ3) is 5.44. The average Bonchev–Trinajstić information content (AvgIpc) is 2.49. The summed E-state index contributed by atoms with van der Waals surface area (Å²) in [6.07, 6.45) is 10.4. The first-order valence-corrected chi connectivity index (χ1v) is 7.99. The van der Waals surface area contributed by atoms with E-state index in [0.29, 0.717) is 17.9 Å². The maximum Gasteiger partial charge on any atom is 0.115 e. The summed E-state index contributed by atoms with van der Waals surface area (Å²) in [7, 11) is 0. The molecule has 0 aliphatic heterocycles. The molecule has 0 saturated heterocycles. The van der Waals surface area contributed by atoms with E-state index >= 15 is 0 Å². The SMILES string of the molecule is CC.CC(C)(C/C1=C/C=C(/O)CC=CC1)c1ccc(O)cc1. The second-order valence-corrected chi connectivity index (χ2v) is 5.97. The summed E-state index contributed by atoms with van der Waals surface area (Å²) < 4.78 is 0. The van der Waals surface area contributed by atoms with E-state index in [4.69, 9.17) is 0 Å².